The number of amides is 3. The minimum atomic E-state index is -0.803. The summed E-state index contributed by atoms with van der Waals surface area (Å²) in [5.41, 5.74) is 0.442. The third-order valence-corrected chi connectivity index (χ3v) is 4.16. The Morgan fingerprint density at radius 2 is 2.07 bits per heavy atom. The van der Waals surface area contributed by atoms with E-state index < -0.39 is 36.6 Å². The number of esters is 1. The molecular formula is C17H14N4O6. The minimum Gasteiger partial charge on any atom is -0.454 e. The number of carbonyl (C=O) groups is 3. The number of nitrogens with one attached hydrogen (secondary N) is 1. The van der Waals surface area contributed by atoms with Crippen LogP contribution in [0.2, 0.25) is 0 Å². The lowest BCUT2D eigenvalue weighted by Crippen LogP contribution is -2.37. The fourth-order valence-corrected chi connectivity index (χ4v) is 2.84. The highest BCUT2D eigenvalue weighted by Crippen LogP contribution is 2.23. The van der Waals surface area contributed by atoms with Gasteiger partial charge < -0.3 is 14.5 Å². The van der Waals surface area contributed by atoms with Gasteiger partial charge in [-0.2, -0.15) is 0 Å². The smallest absolute Gasteiger partial charge is 0.326 e. The Labute approximate surface area is 151 Å². The van der Waals surface area contributed by atoms with E-state index in [1.165, 1.54) is 6.33 Å². The maximum absolute atomic E-state index is 12.5. The number of imide groups is 1. The Balaban J connectivity index is 1.48. The monoisotopic (exact) mass is 370 g/mol. The number of ether oxygens (including phenoxy) is 1. The normalized spacial score (nSPS) is 13.9. The Bertz CT molecular complexity index is 1130. The number of urea groups is 1. The molecule has 0 radical (unpaired) electrons. The molecule has 3 aromatic rings. The maximum Gasteiger partial charge on any atom is 0.326 e. The van der Waals surface area contributed by atoms with Crippen molar-refractivity contribution in [2.45, 2.75) is 6.54 Å². The van der Waals surface area contributed by atoms with Crippen molar-refractivity contribution < 1.29 is 23.5 Å². The van der Waals surface area contributed by atoms with Crippen molar-refractivity contribution in [3.8, 4) is 0 Å². The van der Waals surface area contributed by atoms with Gasteiger partial charge in [-0.1, -0.05) is 12.1 Å². The van der Waals surface area contributed by atoms with Crippen LogP contribution in [0.1, 0.15) is 0 Å². The summed E-state index contributed by atoms with van der Waals surface area (Å²) < 4.78 is 11.4. The summed E-state index contributed by atoms with van der Waals surface area (Å²) in [6.45, 7) is -0.433. The van der Waals surface area contributed by atoms with Crippen LogP contribution in [0.5, 0.6) is 0 Å². The van der Waals surface area contributed by atoms with Crippen LogP contribution in [0, 0.1) is 0 Å². The van der Waals surface area contributed by atoms with Gasteiger partial charge in [0.15, 0.2) is 6.61 Å². The second-order valence-corrected chi connectivity index (χ2v) is 5.89. The SMILES string of the molecule is O=C(Cn1cnc2c(oc3ccccc32)c1=O)OCC(=O)N1CCNC1=O. The van der Waals surface area contributed by atoms with Crippen molar-refractivity contribution in [1.29, 1.82) is 0 Å². The van der Waals surface area contributed by atoms with Gasteiger partial charge >= 0.3 is 12.0 Å². The average molecular weight is 370 g/mol. The number of rotatable bonds is 4. The molecule has 0 atom stereocenters. The second-order valence-electron chi connectivity index (χ2n) is 5.89. The van der Waals surface area contributed by atoms with E-state index in [1.54, 1.807) is 24.3 Å². The van der Waals surface area contributed by atoms with Gasteiger partial charge in [0, 0.05) is 18.5 Å². The fraction of sp³-hybridized carbons (Fsp3) is 0.235. The summed E-state index contributed by atoms with van der Waals surface area (Å²) in [6.07, 6.45) is 1.23. The zero-order valence-electron chi connectivity index (χ0n) is 14.0. The first kappa shape index (κ1) is 16.8. The van der Waals surface area contributed by atoms with Gasteiger partial charge in [0.1, 0.15) is 17.6 Å². The molecule has 0 saturated carbocycles. The zero-order valence-corrected chi connectivity index (χ0v) is 14.0. The lowest BCUT2D eigenvalue weighted by molar-refractivity contribution is -0.151. The number of fused-ring (bicyclic) bond motifs is 3. The van der Waals surface area contributed by atoms with Gasteiger partial charge in [-0.15, -0.1) is 0 Å². The van der Waals surface area contributed by atoms with Crippen LogP contribution in [0.25, 0.3) is 22.1 Å². The van der Waals surface area contributed by atoms with Gasteiger partial charge in [0.25, 0.3) is 11.5 Å². The van der Waals surface area contributed by atoms with Crippen LogP contribution in [0.3, 0.4) is 0 Å². The van der Waals surface area contributed by atoms with Crippen molar-refractivity contribution in [3.63, 3.8) is 0 Å². The molecule has 1 aromatic carbocycles. The summed E-state index contributed by atoms with van der Waals surface area (Å²) in [5, 5.41) is 3.18. The van der Waals surface area contributed by atoms with E-state index in [4.69, 9.17) is 9.15 Å². The fourth-order valence-electron chi connectivity index (χ4n) is 2.84. The molecule has 1 saturated heterocycles. The Kier molecular flexibility index (Phi) is 4.07. The lowest BCUT2D eigenvalue weighted by Gasteiger charge is -2.12. The van der Waals surface area contributed by atoms with Crippen LogP contribution in [-0.4, -0.2) is 52.1 Å². The first-order chi connectivity index (χ1) is 13.0. The molecule has 1 fully saturated rings. The van der Waals surface area contributed by atoms with E-state index in [9.17, 15) is 19.2 Å². The maximum atomic E-state index is 12.5. The van der Waals surface area contributed by atoms with Gasteiger partial charge in [0.2, 0.25) is 5.58 Å². The minimum absolute atomic E-state index is 0.0383. The molecule has 1 aliphatic heterocycles. The molecule has 1 aliphatic rings. The van der Waals surface area contributed by atoms with Crippen molar-refractivity contribution in [2.24, 2.45) is 0 Å². The van der Waals surface area contributed by atoms with Gasteiger partial charge in [-0.25, -0.2) is 9.78 Å². The molecule has 0 spiro atoms. The molecule has 138 valence electrons. The molecule has 10 nitrogen and oxygen atoms in total. The number of aromatic nitrogens is 2. The predicted octanol–water partition coefficient (Wildman–Crippen LogP) is 0.238. The highest BCUT2D eigenvalue weighted by Gasteiger charge is 2.26. The van der Waals surface area contributed by atoms with Crippen LogP contribution < -0.4 is 10.9 Å². The van der Waals surface area contributed by atoms with E-state index in [0.29, 0.717) is 23.0 Å². The topological polar surface area (TPSA) is 124 Å². The molecule has 2 aromatic heterocycles. The first-order valence-electron chi connectivity index (χ1n) is 8.15. The number of carbonyl (C=O) groups excluding carboxylic acids is 3. The molecule has 3 heterocycles. The number of para-hydroxylation sites is 1. The Morgan fingerprint density at radius 1 is 1.26 bits per heavy atom. The van der Waals surface area contributed by atoms with Gasteiger partial charge in [0.05, 0.1) is 6.33 Å². The molecule has 0 unspecified atom stereocenters. The number of benzene rings is 1. The molecule has 0 aliphatic carbocycles. The van der Waals surface area contributed by atoms with Crippen LogP contribution in [-0.2, 0) is 20.9 Å². The predicted molar refractivity (Wildman–Crippen MR) is 91.8 cm³/mol. The van der Waals surface area contributed by atoms with E-state index >= 15 is 0 Å². The van der Waals surface area contributed by atoms with E-state index in [2.05, 4.69) is 10.3 Å². The number of furan rings is 1. The molecule has 10 heteroatoms. The molecule has 3 amide bonds. The third kappa shape index (κ3) is 3.01. The van der Waals surface area contributed by atoms with Crippen molar-refractivity contribution >= 4 is 40.0 Å². The summed E-state index contributed by atoms with van der Waals surface area (Å²) >= 11 is 0. The van der Waals surface area contributed by atoms with Gasteiger partial charge in [-0.3, -0.25) is 23.9 Å². The van der Waals surface area contributed by atoms with Crippen LogP contribution in [0.15, 0.2) is 39.8 Å². The number of hydrogen-bond acceptors (Lipinski definition) is 7. The van der Waals surface area contributed by atoms with Crippen molar-refractivity contribution in [1.82, 2.24) is 19.8 Å². The Morgan fingerprint density at radius 3 is 2.85 bits per heavy atom. The molecular weight excluding hydrogens is 356 g/mol. The largest absolute Gasteiger partial charge is 0.454 e. The second kappa shape index (κ2) is 6.56. The molecule has 1 N–H and O–H groups in total. The van der Waals surface area contributed by atoms with Crippen molar-refractivity contribution in [3.05, 3.63) is 40.9 Å². The molecule has 27 heavy (non-hydrogen) atoms. The summed E-state index contributed by atoms with van der Waals surface area (Å²) in [6, 6.07) is 6.56. The lowest BCUT2D eigenvalue weighted by atomic mass is 10.2. The number of hydrogen-bond donors (Lipinski definition) is 1. The summed E-state index contributed by atoms with van der Waals surface area (Å²) in [4.78, 5) is 52.9. The molecule has 0 bridgehead atoms. The third-order valence-electron chi connectivity index (χ3n) is 4.16. The summed E-state index contributed by atoms with van der Waals surface area (Å²) in [5.74, 6) is -1.43. The molecule has 4 rings (SSSR count). The Hall–Kier alpha value is -3.69. The highest BCUT2D eigenvalue weighted by molar-refractivity contribution is 6.01. The standard InChI is InChI=1S/C17H14N4O6/c22-12(21-6-5-18-17(21)25)8-26-13(23)7-20-9-19-14-10-3-1-2-4-11(10)27-15(14)16(20)24/h1-4,9H,5-8H2,(H,18,25). The zero-order chi connectivity index (χ0) is 19.0. The first-order valence-corrected chi connectivity index (χ1v) is 8.15. The quantitative estimate of drug-likeness (QED) is 0.652. The van der Waals surface area contributed by atoms with E-state index in [-0.39, 0.29) is 12.1 Å². The van der Waals surface area contributed by atoms with Crippen LogP contribution >= 0.6 is 0 Å². The summed E-state index contributed by atoms with van der Waals surface area (Å²) in [7, 11) is 0. The van der Waals surface area contributed by atoms with Gasteiger partial charge in [-0.05, 0) is 12.1 Å². The highest BCUT2D eigenvalue weighted by atomic mass is 16.5. The van der Waals surface area contributed by atoms with E-state index in [0.717, 1.165) is 9.47 Å². The van der Waals surface area contributed by atoms with Crippen LogP contribution in [0.4, 0.5) is 4.79 Å². The number of nitrogens with zero attached hydrogens (tertiary/aromatic N) is 3. The average Bonchev–Trinajstić information content (AvgIpc) is 3.26. The van der Waals surface area contributed by atoms with E-state index in [1.807, 2.05) is 0 Å². The van der Waals surface area contributed by atoms with Crippen molar-refractivity contribution in [2.75, 3.05) is 19.7 Å².